The number of rotatable bonds is 18. The van der Waals surface area contributed by atoms with Crippen molar-refractivity contribution in [2.75, 3.05) is 27.4 Å². The van der Waals surface area contributed by atoms with Gasteiger partial charge in [-0.1, -0.05) is 64.1 Å². The molecule has 0 radical (unpaired) electrons. The third kappa shape index (κ3) is 10.8. The van der Waals surface area contributed by atoms with E-state index in [-0.39, 0.29) is 29.7 Å². The first kappa shape index (κ1) is 33.6. The van der Waals surface area contributed by atoms with Crippen molar-refractivity contribution in [1.82, 2.24) is 5.32 Å². The number of hydrogen-bond donors (Lipinski definition) is 3. The minimum atomic E-state index is -0.776. The van der Waals surface area contributed by atoms with Gasteiger partial charge in [-0.15, -0.1) is 0 Å². The van der Waals surface area contributed by atoms with E-state index in [9.17, 15) is 9.90 Å². The SMILES string of the molecule is COCCCOc1cc(C[C@@H](C[C@H](N)[C@@H](O)C[C@H](C(=O)N[C@@H](C)c2ccccc2)C(C)C)C(C)C)ccc1OC. The second-order valence-corrected chi connectivity index (χ2v) is 11.6. The Bertz CT molecular complexity index is 998. The van der Waals surface area contributed by atoms with E-state index in [1.54, 1.807) is 14.2 Å². The van der Waals surface area contributed by atoms with Gasteiger partial charge in [0.2, 0.25) is 5.91 Å². The summed E-state index contributed by atoms with van der Waals surface area (Å²) in [6.45, 7) is 11.6. The Labute approximate surface area is 241 Å². The van der Waals surface area contributed by atoms with Crippen molar-refractivity contribution in [2.24, 2.45) is 29.4 Å². The number of aliphatic hydroxyl groups excluding tert-OH is 1. The van der Waals surface area contributed by atoms with Crippen molar-refractivity contribution in [3.05, 3.63) is 59.7 Å². The van der Waals surface area contributed by atoms with Gasteiger partial charge >= 0.3 is 0 Å². The van der Waals surface area contributed by atoms with Gasteiger partial charge in [-0.3, -0.25) is 4.79 Å². The number of benzene rings is 2. The van der Waals surface area contributed by atoms with Gasteiger partial charge in [0, 0.05) is 32.1 Å². The van der Waals surface area contributed by atoms with Gasteiger partial charge in [0.1, 0.15) is 0 Å². The highest BCUT2D eigenvalue weighted by molar-refractivity contribution is 5.79. The van der Waals surface area contributed by atoms with E-state index in [4.69, 9.17) is 19.9 Å². The first-order valence-corrected chi connectivity index (χ1v) is 14.6. The molecular weight excluding hydrogens is 504 g/mol. The van der Waals surface area contributed by atoms with Crippen LogP contribution in [0.3, 0.4) is 0 Å². The summed E-state index contributed by atoms with van der Waals surface area (Å²) in [6.07, 6.45) is 1.81. The first-order chi connectivity index (χ1) is 19.1. The second kappa shape index (κ2) is 17.3. The molecule has 0 heterocycles. The molecule has 0 fully saturated rings. The average molecular weight is 557 g/mol. The lowest BCUT2D eigenvalue weighted by molar-refractivity contribution is -0.128. The summed E-state index contributed by atoms with van der Waals surface area (Å²) < 4.78 is 16.6. The van der Waals surface area contributed by atoms with E-state index in [0.717, 1.165) is 29.7 Å². The van der Waals surface area contributed by atoms with Gasteiger partial charge < -0.3 is 30.4 Å². The quantitative estimate of drug-likeness (QED) is 0.208. The summed E-state index contributed by atoms with van der Waals surface area (Å²) >= 11 is 0. The maximum atomic E-state index is 13.2. The summed E-state index contributed by atoms with van der Waals surface area (Å²) in [5, 5.41) is 14.3. The molecule has 0 spiro atoms. The number of amides is 1. The number of carbonyl (C=O) groups is 1. The van der Waals surface area contributed by atoms with Crippen molar-refractivity contribution >= 4 is 5.91 Å². The molecular formula is C33H52N2O5. The molecule has 0 aromatic heterocycles. The molecule has 4 N–H and O–H groups in total. The lowest BCUT2D eigenvalue weighted by atomic mass is 9.80. The number of nitrogens with one attached hydrogen (secondary N) is 1. The lowest BCUT2D eigenvalue weighted by Crippen LogP contribution is -2.43. The zero-order valence-electron chi connectivity index (χ0n) is 25.6. The Kier molecular flexibility index (Phi) is 14.5. The van der Waals surface area contributed by atoms with Gasteiger partial charge in [-0.2, -0.15) is 0 Å². The average Bonchev–Trinajstić information content (AvgIpc) is 2.93. The van der Waals surface area contributed by atoms with E-state index in [1.807, 2.05) is 63.2 Å². The Hall–Kier alpha value is -2.61. The smallest absolute Gasteiger partial charge is 0.223 e. The molecule has 5 atom stereocenters. The predicted octanol–water partition coefficient (Wildman–Crippen LogP) is 5.54. The number of aliphatic hydroxyl groups is 1. The summed E-state index contributed by atoms with van der Waals surface area (Å²) in [7, 11) is 3.32. The van der Waals surface area contributed by atoms with E-state index < -0.39 is 12.1 Å². The molecule has 1 amide bonds. The van der Waals surface area contributed by atoms with Gasteiger partial charge in [0.25, 0.3) is 0 Å². The van der Waals surface area contributed by atoms with Crippen LogP contribution in [0.25, 0.3) is 0 Å². The maximum Gasteiger partial charge on any atom is 0.223 e. The highest BCUT2D eigenvalue weighted by Crippen LogP contribution is 2.32. The van der Waals surface area contributed by atoms with E-state index in [0.29, 0.717) is 37.7 Å². The van der Waals surface area contributed by atoms with Crippen LogP contribution in [0, 0.1) is 23.7 Å². The van der Waals surface area contributed by atoms with Crippen molar-refractivity contribution in [1.29, 1.82) is 0 Å². The molecule has 2 rings (SSSR count). The van der Waals surface area contributed by atoms with Gasteiger partial charge in [-0.05, 0) is 67.2 Å². The van der Waals surface area contributed by atoms with Crippen molar-refractivity contribution in [2.45, 2.75) is 78.5 Å². The second-order valence-electron chi connectivity index (χ2n) is 11.6. The number of hydrogen-bond acceptors (Lipinski definition) is 6. The van der Waals surface area contributed by atoms with Crippen LogP contribution in [0.4, 0.5) is 0 Å². The van der Waals surface area contributed by atoms with Crippen LogP contribution in [-0.2, 0) is 16.0 Å². The molecule has 2 aromatic carbocycles. The summed E-state index contributed by atoms with van der Waals surface area (Å²) in [5.41, 5.74) is 8.77. The number of carbonyl (C=O) groups excluding carboxylic acids is 1. The highest BCUT2D eigenvalue weighted by Gasteiger charge is 2.30. The van der Waals surface area contributed by atoms with Gasteiger partial charge in [0.05, 0.1) is 25.9 Å². The Morgan fingerprint density at radius 3 is 2.23 bits per heavy atom. The summed E-state index contributed by atoms with van der Waals surface area (Å²) in [5.74, 6) is 1.74. The van der Waals surface area contributed by atoms with Crippen LogP contribution in [-0.4, -0.2) is 50.6 Å². The van der Waals surface area contributed by atoms with Crippen molar-refractivity contribution < 1.29 is 24.1 Å². The van der Waals surface area contributed by atoms with Gasteiger partial charge in [0.15, 0.2) is 11.5 Å². The van der Waals surface area contributed by atoms with Crippen LogP contribution in [0.15, 0.2) is 48.5 Å². The van der Waals surface area contributed by atoms with Gasteiger partial charge in [-0.25, -0.2) is 0 Å². The third-order valence-electron chi connectivity index (χ3n) is 7.78. The van der Waals surface area contributed by atoms with Crippen LogP contribution < -0.4 is 20.5 Å². The van der Waals surface area contributed by atoms with Crippen LogP contribution in [0.5, 0.6) is 11.5 Å². The fourth-order valence-electron chi connectivity index (χ4n) is 5.01. The summed E-state index contributed by atoms with van der Waals surface area (Å²) in [4.78, 5) is 13.2. The highest BCUT2D eigenvalue weighted by atomic mass is 16.5. The Morgan fingerprint density at radius 1 is 0.925 bits per heavy atom. The number of methoxy groups -OCH3 is 2. The zero-order chi connectivity index (χ0) is 29.7. The Morgan fingerprint density at radius 2 is 1.62 bits per heavy atom. The molecule has 0 unspecified atom stereocenters. The fraction of sp³-hybridized carbons (Fsp3) is 0.606. The minimum absolute atomic E-state index is 0.0470. The largest absolute Gasteiger partial charge is 0.493 e. The first-order valence-electron chi connectivity index (χ1n) is 14.6. The van der Waals surface area contributed by atoms with E-state index in [2.05, 4.69) is 25.2 Å². The predicted molar refractivity (Wildman–Crippen MR) is 162 cm³/mol. The van der Waals surface area contributed by atoms with Crippen LogP contribution in [0.2, 0.25) is 0 Å². The van der Waals surface area contributed by atoms with Crippen LogP contribution in [0.1, 0.15) is 71.0 Å². The molecule has 0 aliphatic heterocycles. The molecule has 0 saturated carbocycles. The Balaban J connectivity index is 2.03. The summed E-state index contributed by atoms with van der Waals surface area (Å²) in [6, 6.07) is 15.4. The number of ether oxygens (including phenoxy) is 3. The molecule has 40 heavy (non-hydrogen) atoms. The molecule has 0 bridgehead atoms. The molecule has 224 valence electrons. The van der Waals surface area contributed by atoms with Crippen LogP contribution >= 0.6 is 0 Å². The molecule has 0 saturated heterocycles. The lowest BCUT2D eigenvalue weighted by Gasteiger charge is -2.30. The third-order valence-corrected chi connectivity index (χ3v) is 7.78. The zero-order valence-corrected chi connectivity index (χ0v) is 25.6. The maximum absolute atomic E-state index is 13.2. The number of nitrogens with two attached hydrogens (primary N) is 1. The minimum Gasteiger partial charge on any atom is -0.493 e. The molecule has 0 aliphatic rings. The molecule has 0 aliphatic carbocycles. The fourth-order valence-corrected chi connectivity index (χ4v) is 5.01. The molecule has 7 nitrogen and oxygen atoms in total. The van der Waals surface area contributed by atoms with Crippen molar-refractivity contribution in [3.63, 3.8) is 0 Å². The van der Waals surface area contributed by atoms with E-state index >= 15 is 0 Å². The van der Waals surface area contributed by atoms with E-state index in [1.165, 1.54) is 0 Å². The standard InChI is InChI=1S/C33H52N2O5/c1-22(2)27(18-25-14-15-31(39-7)32(19-25)40-17-11-16-38-6)20-29(34)30(36)21-28(23(3)4)33(37)35-24(5)26-12-9-8-10-13-26/h8-10,12-15,19,22-24,27-30,36H,11,16-18,20-21,34H2,1-7H3,(H,35,37)/t24-,27-,28-,29-,30-/m0/s1. The monoisotopic (exact) mass is 556 g/mol. The molecule has 7 heteroatoms. The van der Waals surface area contributed by atoms with Crippen molar-refractivity contribution in [3.8, 4) is 11.5 Å². The normalized spacial score (nSPS) is 15.4. The topological polar surface area (TPSA) is 103 Å². The molecule has 2 aromatic rings.